The number of carboxylic acid groups (broad SMARTS) is 1. The van der Waals surface area contributed by atoms with Crippen molar-refractivity contribution in [2.45, 2.75) is 93.2 Å². The SMILES string of the molecule is C.CCC(NC(C)=O)C(=O)N[C@@H](CSC/C=C(\C)CC/C=C(\C)CCC=C(C)C)C(=O)O. The number of amides is 2. The molecular weight excluding hydrogens is 424 g/mol. The maximum atomic E-state index is 12.2. The lowest BCUT2D eigenvalue weighted by Gasteiger charge is -2.19. The second kappa shape index (κ2) is 18.5. The van der Waals surface area contributed by atoms with Crippen molar-refractivity contribution in [2.75, 3.05) is 11.5 Å². The second-order valence-corrected chi connectivity index (χ2v) is 9.13. The maximum Gasteiger partial charge on any atom is 0.327 e. The molecule has 0 spiro atoms. The van der Waals surface area contributed by atoms with Crippen molar-refractivity contribution in [1.82, 2.24) is 10.6 Å². The summed E-state index contributed by atoms with van der Waals surface area (Å²) in [6.07, 6.45) is 11.2. The number of thioether (sulfide) groups is 1. The van der Waals surface area contributed by atoms with Gasteiger partial charge in [0.15, 0.2) is 0 Å². The van der Waals surface area contributed by atoms with Crippen molar-refractivity contribution in [3.05, 3.63) is 34.9 Å². The van der Waals surface area contributed by atoms with Gasteiger partial charge in [-0.3, -0.25) is 9.59 Å². The number of hydrogen-bond donors (Lipinski definition) is 3. The van der Waals surface area contributed by atoms with Gasteiger partial charge in [0, 0.05) is 18.4 Å². The quantitative estimate of drug-likeness (QED) is 0.225. The number of hydrogen-bond acceptors (Lipinski definition) is 4. The summed E-state index contributed by atoms with van der Waals surface area (Å²) in [5.74, 6) is -0.901. The van der Waals surface area contributed by atoms with Crippen LogP contribution in [-0.4, -0.2) is 46.5 Å². The highest BCUT2D eigenvalue weighted by molar-refractivity contribution is 7.99. The zero-order valence-corrected chi connectivity index (χ0v) is 20.7. The van der Waals surface area contributed by atoms with Crippen LogP contribution in [0.2, 0.25) is 0 Å². The Bertz CT molecular complexity index is 679. The topological polar surface area (TPSA) is 95.5 Å². The van der Waals surface area contributed by atoms with Crippen LogP contribution in [0.15, 0.2) is 34.9 Å². The summed E-state index contributed by atoms with van der Waals surface area (Å²) in [6.45, 7) is 11.6. The molecule has 1 unspecified atom stereocenters. The monoisotopic (exact) mass is 468 g/mol. The largest absolute Gasteiger partial charge is 0.480 e. The third-order valence-corrected chi connectivity index (χ3v) is 5.65. The molecule has 32 heavy (non-hydrogen) atoms. The van der Waals surface area contributed by atoms with Crippen LogP contribution in [0.25, 0.3) is 0 Å². The summed E-state index contributed by atoms with van der Waals surface area (Å²) >= 11 is 1.47. The molecule has 0 rings (SSSR count). The molecule has 0 aliphatic rings. The Labute approximate surface area is 199 Å². The molecule has 6 nitrogen and oxygen atoms in total. The van der Waals surface area contributed by atoms with Gasteiger partial charge >= 0.3 is 5.97 Å². The second-order valence-electron chi connectivity index (χ2n) is 8.06. The first-order chi connectivity index (χ1) is 14.6. The van der Waals surface area contributed by atoms with Gasteiger partial charge in [-0.1, -0.05) is 49.3 Å². The molecule has 0 aliphatic heterocycles. The summed E-state index contributed by atoms with van der Waals surface area (Å²) < 4.78 is 0. The van der Waals surface area contributed by atoms with Crippen LogP contribution in [0.4, 0.5) is 0 Å². The highest BCUT2D eigenvalue weighted by Gasteiger charge is 2.24. The van der Waals surface area contributed by atoms with E-state index in [4.69, 9.17) is 0 Å². The Kier molecular flexibility index (Phi) is 18.6. The fourth-order valence-electron chi connectivity index (χ4n) is 2.77. The zero-order valence-electron chi connectivity index (χ0n) is 19.9. The van der Waals surface area contributed by atoms with Gasteiger partial charge in [0.1, 0.15) is 12.1 Å². The number of aliphatic carboxylic acids is 1. The molecule has 2 amide bonds. The lowest BCUT2D eigenvalue weighted by Crippen LogP contribution is -2.51. The Balaban J connectivity index is 0. The fourth-order valence-corrected chi connectivity index (χ4v) is 3.77. The standard InChI is InChI=1S/C24H40N2O4S.CH4/c1-7-21(25-20(6)27)23(28)26-22(24(29)30)16-31-15-14-19(5)13-9-12-18(4)11-8-10-17(2)3;/h10,12,14,21-22H,7-9,11,13,15-16H2,1-6H3,(H,25,27)(H,26,28)(H,29,30);1H4/b18-12+,19-14+;/t21?,22-;/m0./s1. The van der Waals surface area contributed by atoms with Gasteiger partial charge in [-0.15, -0.1) is 0 Å². The van der Waals surface area contributed by atoms with E-state index in [0.29, 0.717) is 12.2 Å². The molecule has 0 heterocycles. The minimum Gasteiger partial charge on any atom is -0.480 e. The lowest BCUT2D eigenvalue weighted by molar-refractivity contribution is -0.141. The van der Waals surface area contributed by atoms with Crippen molar-refractivity contribution in [2.24, 2.45) is 0 Å². The number of carbonyl (C=O) groups is 3. The van der Waals surface area contributed by atoms with Gasteiger partial charge in [-0.2, -0.15) is 11.8 Å². The van der Waals surface area contributed by atoms with Crippen molar-refractivity contribution in [1.29, 1.82) is 0 Å². The van der Waals surface area contributed by atoms with Crippen molar-refractivity contribution in [3.63, 3.8) is 0 Å². The van der Waals surface area contributed by atoms with Gasteiger partial charge in [0.2, 0.25) is 11.8 Å². The molecule has 0 aromatic rings. The van der Waals surface area contributed by atoms with Gasteiger partial charge < -0.3 is 15.7 Å². The molecule has 2 atom stereocenters. The number of rotatable bonds is 15. The molecule has 0 aliphatic carbocycles. The molecule has 0 bridgehead atoms. The first-order valence-electron chi connectivity index (χ1n) is 10.9. The summed E-state index contributed by atoms with van der Waals surface area (Å²) in [5.41, 5.74) is 4.03. The van der Waals surface area contributed by atoms with Crippen LogP contribution in [0, 0.1) is 0 Å². The van der Waals surface area contributed by atoms with E-state index in [2.05, 4.69) is 56.6 Å². The van der Waals surface area contributed by atoms with Crippen LogP contribution >= 0.6 is 11.8 Å². The molecule has 0 saturated carbocycles. The molecule has 0 saturated heterocycles. The van der Waals surface area contributed by atoms with Crippen LogP contribution < -0.4 is 10.6 Å². The first kappa shape index (κ1) is 32.2. The lowest BCUT2D eigenvalue weighted by atomic mass is 10.1. The zero-order chi connectivity index (χ0) is 23.8. The summed E-state index contributed by atoms with van der Waals surface area (Å²) in [7, 11) is 0. The molecule has 0 aromatic carbocycles. The normalized spacial score (nSPS) is 13.4. The summed E-state index contributed by atoms with van der Waals surface area (Å²) in [5, 5.41) is 14.4. The molecule has 0 radical (unpaired) electrons. The minimum atomic E-state index is -1.08. The van der Waals surface area contributed by atoms with Crippen molar-refractivity contribution < 1.29 is 19.5 Å². The van der Waals surface area contributed by atoms with Crippen LogP contribution in [0.3, 0.4) is 0 Å². The number of carbonyl (C=O) groups excluding carboxylic acids is 2. The molecule has 0 aromatic heterocycles. The van der Waals surface area contributed by atoms with E-state index in [-0.39, 0.29) is 19.1 Å². The Morgan fingerprint density at radius 1 is 0.875 bits per heavy atom. The van der Waals surface area contributed by atoms with Gasteiger partial charge in [-0.05, 0) is 59.8 Å². The van der Waals surface area contributed by atoms with E-state index < -0.39 is 24.0 Å². The van der Waals surface area contributed by atoms with E-state index in [1.54, 1.807) is 6.92 Å². The summed E-state index contributed by atoms with van der Waals surface area (Å²) in [6, 6.07) is -1.70. The predicted molar refractivity (Wildman–Crippen MR) is 137 cm³/mol. The third kappa shape index (κ3) is 16.6. The Morgan fingerprint density at radius 3 is 1.94 bits per heavy atom. The van der Waals surface area contributed by atoms with E-state index in [9.17, 15) is 19.5 Å². The highest BCUT2D eigenvalue weighted by Crippen LogP contribution is 2.13. The van der Waals surface area contributed by atoms with Gasteiger partial charge in [0.05, 0.1) is 0 Å². The van der Waals surface area contributed by atoms with E-state index in [1.165, 1.54) is 35.4 Å². The predicted octanol–water partition coefficient (Wildman–Crippen LogP) is 5.26. The summed E-state index contributed by atoms with van der Waals surface area (Å²) in [4.78, 5) is 34.9. The number of allylic oxidation sites excluding steroid dienone is 5. The number of nitrogens with one attached hydrogen (secondary N) is 2. The van der Waals surface area contributed by atoms with Gasteiger partial charge in [0.25, 0.3) is 0 Å². The van der Waals surface area contributed by atoms with Gasteiger partial charge in [-0.25, -0.2) is 4.79 Å². The Morgan fingerprint density at radius 2 is 1.44 bits per heavy atom. The molecular formula is C25H44N2O4S. The van der Waals surface area contributed by atoms with Crippen LogP contribution in [0.1, 0.15) is 81.1 Å². The Hall–Kier alpha value is -2.02. The van der Waals surface area contributed by atoms with E-state index in [1.807, 2.05) is 0 Å². The first-order valence-corrected chi connectivity index (χ1v) is 12.0. The maximum absolute atomic E-state index is 12.2. The van der Waals surface area contributed by atoms with Crippen molar-refractivity contribution in [3.8, 4) is 0 Å². The third-order valence-electron chi connectivity index (χ3n) is 4.67. The fraction of sp³-hybridized carbons (Fsp3) is 0.640. The smallest absolute Gasteiger partial charge is 0.327 e. The van der Waals surface area contributed by atoms with E-state index in [0.717, 1.165) is 25.7 Å². The van der Waals surface area contributed by atoms with Crippen LogP contribution in [0.5, 0.6) is 0 Å². The van der Waals surface area contributed by atoms with Crippen molar-refractivity contribution >= 4 is 29.5 Å². The highest BCUT2D eigenvalue weighted by atomic mass is 32.2. The average molecular weight is 469 g/mol. The molecule has 0 fully saturated rings. The minimum absolute atomic E-state index is 0. The molecule has 184 valence electrons. The van der Waals surface area contributed by atoms with Crippen LogP contribution in [-0.2, 0) is 14.4 Å². The molecule has 7 heteroatoms. The average Bonchev–Trinajstić information content (AvgIpc) is 2.67. The molecule has 3 N–H and O–H groups in total. The van der Waals surface area contributed by atoms with E-state index >= 15 is 0 Å². The number of carboxylic acids is 1.